The normalized spacial score (nSPS) is 15.5. The average Bonchev–Trinajstić information content (AvgIpc) is 2.73. The molecule has 2 aromatic rings. The largest absolute Gasteiger partial charge is 0.343 e. The third kappa shape index (κ3) is 5.89. The zero-order chi connectivity index (χ0) is 21.7. The van der Waals surface area contributed by atoms with Crippen molar-refractivity contribution in [3.8, 4) is 0 Å². The molecule has 0 radical (unpaired) electrons. The van der Waals surface area contributed by atoms with Gasteiger partial charge < -0.3 is 4.90 Å². The molecule has 1 saturated heterocycles. The van der Waals surface area contributed by atoms with Crippen LogP contribution in [0.15, 0.2) is 53.4 Å². The highest BCUT2D eigenvalue weighted by Gasteiger charge is 2.26. The number of piperidine rings is 1. The highest BCUT2D eigenvalue weighted by molar-refractivity contribution is 7.89. The number of nitrogens with zero attached hydrogens (tertiary/aromatic N) is 1. The predicted octanol–water partition coefficient (Wildman–Crippen LogP) is 3.85. The van der Waals surface area contributed by atoms with Crippen molar-refractivity contribution in [2.75, 3.05) is 13.1 Å². The Morgan fingerprint density at radius 1 is 1.07 bits per heavy atom. The first-order chi connectivity index (χ1) is 14.2. The van der Waals surface area contributed by atoms with Gasteiger partial charge in [0, 0.05) is 25.6 Å². The van der Waals surface area contributed by atoms with Crippen LogP contribution in [0.25, 0.3) is 0 Å². The van der Waals surface area contributed by atoms with Gasteiger partial charge in [-0.15, -0.1) is 0 Å². The number of amides is 1. The van der Waals surface area contributed by atoms with Gasteiger partial charge >= 0.3 is 0 Å². The Morgan fingerprint density at radius 3 is 2.23 bits per heavy atom. The van der Waals surface area contributed by atoms with Gasteiger partial charge in [0.25, 0.3) is 0 Å². The number of halogens is 1. The standard InChI is InChI=1S/C23H29FN2O3S/c1-17(2)19-6-3-18(4-7-19)5-12-23(27)26-15-13-21(14-16-26)25-30(28,29)22-10-8-20(24)9-11-22/h3-4,6-11,17,21,25H,5,12-16H2,1-2H3. The minimum atomic E-state index is -3.69. The van der Waals surface area contributed by atoms with Crippen molar-refractivity contribution in [1.82, 2.24) is 9.62 Å². The molecule has 1 amide bonds. The molecule has 0 atom stereocenters. The molecule has 1 fully saturated rings. The van der Waals surface area contributed by atoms with E-state index in [9.17, 15) is 17.6 Å². The van der Waals surface area contributed by atoms with Crippen molar-refractivity contribution in [2.45, 2.75) is 56.4 Å². The maximum Gasteiger partial charge on any atom is 0.240 e. The molecule has 0 unspecified atom stereocenters. The van der Waals surface area contributed by atoms with Crippen molar-refractivity contribution in [1.29, 1.82) is 0 Å². The van der Waals surface area contributed by atoms with Gasteiger partial charge in [0.05, 0.1) is 4.90 Å². The second kappa shape index (κ2) is 9.71. The van der Waals surface area contributed by atoms with Crippen LogP contribution in [0.5, 0.6) is 0 Å². The summed E-state index contributed by atoms with van der Waals surface area (Å²) in [4.78, 5) is 14.4. The van der Waals surface area contributed by atoms with Gasteiger partial charge in [0.2, 0.25) is 15.9 Å². The third-order valence-corrected chi connectivity index (χ3v) is 7.10. The lowest BCUT2D eigenvalue weighted by Crippen LogP contribution is -2.46. The van der Waals surface area contributed by atoms with Crippen LogP contribution in [-0.4, -0.2) is 38.4 Å². The van der Waals surface area contributed by atoms with E-state index in [0.29, 0.717) is 44.7 Å². The third-order valence-electron chi connectivity index (χ3n) is 5.57. The summed E-state index contributed by atoms with van der Waals surface area (Å²) >= 11 is 0. The molecule has 7 heteroatoms. The molecular weight excluding hydrogens is 403 g/mol. The van der Waals surface area contributed by atoms with Crippen LogP contribution in [0.3, 0.4) is 0 Å². The first-order valence-corrected chi connectivity index (χ1v) is 11.9. The van der Waals surface area contributed by atoms with E-state index in [2.05, 4.69) is 42.8 Å². The molecule has 0 saturated carbocycles. The number of benzene rings is 2. The number of likely N-dealkylation sites (tertiary alicyclic amines) is 1. The number of sulfonamides is 1. The smallest absolute Gasteiger partial charge is 0.240 e. The maximum absolute atomic E-state index is 13.0. The Kier molecular flexibility index (Phi) is 7.26. The Hall–Kier alpha value is -2.25. The molecule has 3 rings (SSSR count). The number of carbonyl (C=O) groups excluding carboxylic acids is 1. The fraction of sp³-hybridized carbons (Fsp3) is 0.435. The lowest BCUT2D eigenvalue weighted by Gasteiger charge is -2.32. The molecule has 5 nitrogen and oxygen atoms in total. The van der Waals surface area contributed by atoms with Crippen LogP contribution >= 0.6 is 0 Å². The minimum Gasteiger partial charge on any atom is -0.343 e. The zero-order valence-electron chi connectivity index (χ0n) is 17.5. The summed E-state index contributed by atoms with van der Waals surface area (Å²) in [6.45, 7) is 5.37. The Bertz CT molecular complexity index is 949. The molecule has 30 heavy (non-hydrogen) atoms. The molecule has 0 spiro atoms. The van der Waals surface area contributed by atoms with Gasteiger partial charge in [-0.05, 0) is 60.6 Å². The molecule has 1 aliphatic rings. The predicted molar refractivity (Wildman–Crippen MR) is 115 cm³/mol. The zero-order valence-corrected chi connectivity index (χ0v) is 18.3. The van der Waals surface area contributed by atoms with Crippen molar-refractivity contribution in [2.24, 2.45) is 0 Å². The fourth-order valence-corrected chi connectivity index (χ4v) is 4.93. The van der Waals surface area contributed by atoms with E-state index in [1.165, 1.54) is 17.7 Å². The highest BCUT2D eigenvalue weighted by Crippen LogP contribution is 2.18. The first kappa shape index (κ1) is 22.4. The van der Waals surface area contributed by atoms with E-state index in [-0.39, 0.29) is 16.8 Å². The molecule has 0 aromatic heterocycles. The Morgan fingerprint density at radius 2 is 1.67 bits per heavy atom. The van der Waals surface area contributed by atoms with E-state index < -0.39 is 15.8 Å². The van der Waals surface area contributed by atoms with E-state index in [4.69, 9.17) is 0 Å². The second-order valence-corrected chi connectivity index (χ2v) is 9.84. The Balaban J connectivity index is 1.46. The van der Waals surface area contributed by atoms with Gasteiger partial charge in [0.15, 0.2) is 0 Å². The van der Waals surface area contributed by atoms with Crippen molar-refractivity contribution < 1.29 is 17.6 Å². The fourth-order valence-electron chi connectivity index (χ4n) is 3.63. The molecule has 162 valence electrons. The molecule has 0 bridgehead atoms. The quantitative estimate of drug-likeness (QED) is 0.723. The van der Waals surface area contributed by atoms with Gasteiger partial charge in [-0.3, -0.25) is 4.79 Å². The summed E-state index contributed by atoms with van der Waals surface area (Å²) in [5.41, 5.74) is 2.44. The summed E-state index contributed by atoms with van der Waals surface area (Å²) in [5.74, 6) is 0.113. The van der Waals surface area contributed by atoms with E-state index in [1.54, 1.807) is 0 Å². The number of hydrogen-bond acceptors (Lipinski definition) is 3. The van der Waals surface area contributed by atoms with Gasteiger partial charge in [0.1, 0.15) is 5.82 Å². The van der Waals surface area contributed by atoms with Crippen LogP contribution in [0.2, 0.25) is 0 Å². The van der Waals surface area contributed by atoms with Crippen LogP contribution in [0, 0.1) is 5.82 Å². The summed E-state index contributed by atoms with van der Waals surface area (Å²) in [6.07, 6.45) is 2.28. The number of nitrogens with one attached hydrogen (secondary N) is 1. The lowest BCUT2D eigenvalue weighted by atomic mass is 10.00. The van der Waals surface area contributed by atoms with E-state index >= 15 is 0 Å². The van der Waals surface area contributed by atoms with Gasteiger partial charge in [-0.25, -0.2) is 17.5 Å². The van der Waals surface area contributed by atoms with Crippen LogP contribution in [-0.2, 0) is 21.2 Å². The van der Waals surface area contributed by atoms with Gasteiger partial charge in [-0.1, -0.05) is 38.1 Å². The summed E-state index contributed by atoms with van der Waals surface area (Å²) in [6, 6.07) is 12.9. The number of hydrogen-bond donors (Lipinski definition) is 1. The number of aryl methyl sites for hydroxylation is 1. The summed E-state index contributed by atoms with van der Waals surface area (Å²) in [7, 11) is -3.69. The van der Waals surface area contributed by atoms with Crippen LogP contribution in [0.4, 0.5) is 4.39 Å². The first-order valence-electron chi connectivity index (χ1n) is 10.4. The Labute approximate surface area is 178 Å². The van der Waals surface area contributed by atoms with Crippen molar-refractivity contribution >= 4 is 15.9 Å². The molecule has 1 aliphatic heterocycles. The summed E-state index contributed by atoms with van der Waals surface area (Å²) in [5, 5.41) is 0. The maximum atomic E-state index is 13.0. The number of rotatable bonds is 7. The molecule has 2 aromatic carbocycles. The van der Waals surface area contributed by atoms with Crippen LogP contribution < -0.4 is 4.72 Å². The molecule has 0 aliphatic carbocycles. The topological polar surface area (TPSA) is 66.5 Å². The molecule has 1 heterocycles. The molecule has 1 N–H and O–H groups in total. The second-order valence-electron chi connectivity index (χ2n) is 8.13. The van der Waals surface area contributed by atoms with Crippen molar-refractivity contribution in [3.63, 3.8) is 0 Å². The van der Waals surface area contributed by atoms with Gasteiger partial charge in [-0.2, -0.15) is 0 Å². The lowest BCUT2D eigenvalue weighted by molar-refractivity contribution is -0.132. The van der Waals surface area contributed by atoms with E-state index in [0.717, 1.165) is 17.7 Å². The average molecular weight is 433 g/mol. The summed E-state index contributed by atoms with van der Waals surface area (Å²) < 4.78 is 40.6. The molecular formula is C23H29FN2O3S. The van der Waals surface area contributed by atoms with Crippen LogP contribution in [0.1, 0.15) is 50.2 Å². The minimum absolute atomic E-state index is 0.0471. The van der Waals surface area contributed by atoms with Crippen molar-refractivity contribution in [3.05, 3.63) is 65.5 Å². The van der Waals surface area contributed by atoms with E-state index in [1.807, 2.05) is 4.90 Å². The number of carbonyl (C=O) groups is 1. The monoisotopic (exact) mass is 432 g/mol. The SMILES string of the molecule is CC(C)c1ccc(CCC(=O)N2CCC(NS(=O)(=O)c3ccc(F)cc3)CC2)cc1. The highest BCUT2D eigenvalue weighted by atomic mass is 32.2.